The maximum atomic E-state index is 13.0. The average Bonchev–Trinajstić information content (AvgIpc) is 3.13. The van der Waals surface area contributed by atoms with Gasteiger partial charge in [0.05, 0.1) is 16.9 Å². The Kier molecular flexibility index (Phi) is 3.92. The summed E-state index contributed by atoms with van der Waals surface area (Å²) >= 11 is 0. The first kappa shape index (κ1) is 16.8. The van der Waals surface area contributed by atoms with Gasteiger partial charge in [0.1, 0.15) is 11.4 Å². The molecule has 0 spiro atoms. The predicted molar refractivity (Wildman–Crippen MR) is 105 cm³/mol. The number of aromatic nitrogens is 4. The molecule has 0 bridgehead atoms. The average molecular weight is 360 g/mol. The lowest BCUT2D eigenvalue weighted by atomic mass is 10.1. The molecule has 7 heteroatoms. The maximum Gasteiger partial charge on any atom is 0.262 e. The normalized spacial score (nSPS) is 11.1. The molecule has 0 aliphatic rings. The summed E-state index contributed by atoms with van der Waals surface area (Å²) in [6.07, 6.45) is 1.76. The molecule has 0 fully saturated rings. The molecule has 1 aromatic carbocycles. The Morgan fingerprint density at radius 2 is 1.78 bits per heavy atom. The van der Waals surface area contributed by atoms with Crippen LogP contribution < -0.4 is 11.1 Å². The number of para-hydroxylation sites is 1. The van der Waals surface area contributed by atoms with E-state index >= 15 is 0 Å². The van der Waals surface area contributed by atoms with Gasteiger partial charge < -0.3 is 11.1 Å². The van der Waals surface area contributed by atoms with Crippen LogP contribution in [0, 0.1) is 20.8 Å². The Balaban J connectivity index is 1.78. The van der Waals surface area contributed by atoms with Gasteiger partial charge in [0, 0.05) is 12.3 Å². The van der Waals surface area contributed by atoms with Crippen molar-refractivity contribution in [3.63, 3.8) is 0 Å². The fourth-order valence-corrected chi connectivity index (χ4v) is 3.33. The molecule has 136 valence electrons. The Bertz CT molecular complexity index is 1150. The first-order chi connectivity index (χ1) is 13.0. The number of hydrogen-bond donors (Lipinski definition) is 2. The van der Waals surface area contributed by atoms with Crippen molar-refractivity contribution in [1.29, 1.82) is 0 Å². The van der Waals surface area contributed by atoms with Crippen molar-refractivity contribution in [2.24, 2.45) is 0 Å². The Hall–Kier alpha value is -3.61. The molecule has 3 N–H and O–H groups in total. The Morgan fingerprint density at radius 1 is 1.04 bits per heavy atom. The number of carbonyl (C=O) groups excluding carboxylic acids is 1. The Labute approximate surface area is 156 Å². The van der Waals surface area contributed by atoms with E-state index in [0.717, 1.165) is 22.5 Å². The van der Waals surface area contributed by atoms with E-state index in [1.54, 1.807) is 15.4 Å². The molecule has 7 nitrogen and oxygen atoms in total. The van der Waals surface area contributed by atoms with Crippen molar-refractivity contribution < 1.29 is 4.79 Å². The molecule has 0 aliphatic carbocycles. The molecular formula is C20H20N6O. The number of hydrogen-bond acceptors (Lipinski definition) is 4. The number of nitrogens with zero attached hydrogens (tertiary/aromatic N) is 4. The molecule has 0 radical (unpaired) electrons. The van der Waals surface area contributed by atoms with E-state index in [1.165, 1.54) is 0 Å². The second-order valence-electron chi connectivity index (χ2n) is 6.57. The van der Waals surface area contributed by atoms with Gasteiger partial charge >= 0.3 is 0 Å². The number of anilines is 2. The largest absolute Gasteiger partial charge is 0.382 e. The van der Waals surface area contributed by atoms with Crippen LogP contribution in [0.2, 0.25) is 0 Å². The summed E-state index contributed by atoms with van der Waals surface area (Å²) < 4.78 is 3.36. The molecule has 0 aliphatic heterocycles. The fraction of sp³-hybridized carbons (Fsp3) is 0.150. The van der Waals surface area contributed by atoms with Crippen molar-refractivity contribution in [3.8, 4) is 5.69 Å². The number of pyridine rings is 1. The van der Waals surface area contributed by atoms with Crippen molar-refractivity contribution >= 4 is 23.1 Å². The number of amides is 1. The van der Waals surface area contributed by atoms with E-state index in [-0.39, 0.29) is 11.7 Å². The van der Waals surface area contributed by atoms with E-state index in [0.29, 0.717) is 16.9 Å². The van der Waals surface area contributed by atoms with Crippen LogP contribution in [0.25, 0.3) is 11.2 Å². The summed E-state index contributed by atoms with van der Waals surface area (Å²) in [4.78, 5) is 13.0. The molecule has 0 saturated carbocycles. The SMILES string of the molecule is Cc1cc(NC(=O)c2c(N)nn3ccccc23)n(-c2c(C)cccc2C)n1. The molecule has 3 aromatic heterocycles. The summed E-state index contributed by atoms with van der Waals surface area (Å²) in [5.74, 6) is 0.458. The quantitative estimate of drug-likeness (QED) is 0.587. The van der Waals surface area contributed by atoms with Gasteiger partial charge in [-0.2, -0.15) is 5.10 Å². The molecule has 3 heterocycles. The van der Waals surface area contributed by atoms with Gasteiger partial charge in [-0.05, 0) is 44.0 Å². The highest BCUT2D eigenvalue weighted by molar-refractivity contribution is 6.12. The van der Waals surface area contributed by atoms with Crippen LogP contribution in [0.4, 0.5) is 11.6 Å². The molecule has 0 atom stereocenters. The summed E-state index contributed by atoms with van der Waals surface area (Å²) in [5, 5.41) is 11.7. The first-order valence-corrected chi connectivity index (χ1v) is 8.63. The second kappa shape index (κ2) is 6.28. The molecule has 4 aromatic rings. The lowest BCUT2D eigenvalue weighted by molar-refractivity contribution is 0.102. The van der Waals surface area contributed by atoms with Crippen molar-refractivity contribution in [1.82, 2.24) is 19.4 Å². The van der Waals surface area contributed by atoms with Gasteiger partial charge in [-0.3, -0.25) is 4.79 Å². The number of nitrogens with one attached hydrogen (secondary N) is 1. The topological polar surface area (TPSA) is 90.2 Å². The lowest BCUT2D eigenvalue weighted by Gasteiger charge is -2.13. The lowest BCUT2D eigenvalue weighted by Crippen LogP contribution is -2.17. The van der Waals surface area contributed by atoms with Crippen LogP contribution in [0.1, 0.15) is 27.2 Å². The molecule has 4 rings (SSSR count). The minimum atomic E-state index is -0.318. The minimum absolute atomic E-state index is 0.188. The fourth-order valence-electron chi connectivity index (χ4n) is 3.33. The smallest absolute Gasteiger partial charge is 0.262 e. The zero-order valence-corrected chi connectivity index (χ0v) is 15.4. The summed E-state index contributed by atoms with van der Waals surface area (Å²) in [6.45, 7) is 5.94. The van der Waals surface area contributed by atoms with Gasteiger partial charge in [-0.25, -0.2) is 9.20 Å². The highest BCUT2D eigenvalue weighted by Crippen LogP contribution is 2.25. The molecular weight excluding hydrogens is 340 g/mol. The van der Waals surface area contributed by atoms with Crippen LogP contribution in [0.15, 0.2) is 48.7 Å². The van der Waals surface area contributed by atoms with E-state index in [2.05, 4.69) is 15.5 Å². The number of nitrogens with two attached hydrogens (primary N) is 1. The number of aryl methyl sites for hydroxylation is 3. The molecule has 0 unspecified atom stereocenters. The summed E-state index contributed by atoms with van der Waals surface area (Å²) in [6, 6.07) is 13.4. The molecule has 27 heavy (non-hydrogen) atoms. The second-order valence-corrected chi connectivity index (χ2v) is 6.57. The molecule has 0 saturated heterocycles. The number of nitrogen functional groups attached to an aromatic ring is 1. The van der Waals surface area contributed by atoms with Gasteiger partial charge in [-0.1, -0.05) is 24.3 Å². The van der Waals surface area contributed by atoms with Crippen molar-refractivity contribution in [2.45, 2.75) is 20.8 Å². The van der Waals surface area contributed by atoms with E-state index in [1.807, 2.05) is 63.2 Å². The zero-order chi connectivity index (χ0) is 19.1. The minimum Gasteiger partial charge on any atom is -0.382 e. The summed E-state index contributed by atoms with van der Waals surface area (Å²) in [7, 11) is 0. The van der Waals surface area contributed by atoms with Crippen LogP contribution in [-0.4, -0.2) is 25.3 Å². The van der Waals surface area contributed by atoms with Crippen molar-refractivity contribution in [3.05, 3.63) is 71.0 Å². The first-order valence-electron chi connectivity index (χ1n) is 8.63. The van der Waals surface area contributed by atoms with Gasteiger partial charge in [-0.15, -0.1) is 5.10 Å². The van der Waals surface area contributed by atoms with E-state index < -0.39 is 0 Å². The Morgan fingerprint density at radius 3 is 2.52 bits per heavy atom. The van der Waals surface area contributed by atoms with E-state index in [4.69, 9.17) is 5.73 Å². The third kappa shape index (κ3) is 2.83. The van der Waals surface area contributed by atoms with Gasteiger partial charge in [0.2, 0.25) is 0 Å². The van der Waals surface area contributed by atoms with Crippen LogP contribution in [0.3, 0.4) is 0 Å². The van der Waals surface area contributed by atoms with Gasteiger partial charge in [0.15, 0.2) is 5.82 Å². The third-order valence-electron chi connectivity index (χ3n) is 4.52. The zero-order valence-electron chi connectivity index (χ0n) is 15.4. The molecule has 1 amide bonds. The summed E-state index contributed by atoms with van der Waals surface area (Å²) in [5.41, 5.74) is 10.9. The highest BCUT2D eigenvalue weighted by Gasteiger charge is 2.20. The number of rotatable bonds is 3. The standard InChI is InChI=1S/C20H20N6O/c1-12-7-6-8-13(2)18(12)26-16(11-14(3)23-26)22-20(27)17-15-9-4-5-10-25(15)24-19(17)21/h4-11H,1-3H3,(H2,21,24)(H,22,27). The van der Waals surface area contributed by atoms with Crippen LogP contribution >= 0.6 is 0 Å². The maximum absolute atomic E-state index is 13.0. The van der Waals surface area contributed by atoms with Crippen LogP contribution in [0.5, 0.6) is 0 Å². The predicted octanol–water partition coefficient (Wildman–Crippen LogP) is 3.28. The number of carbonyl (C=O) groups is 1. The van der Waals surface area contributed by atoms with E-state index in [9.17, 15) is 4.79 Å². The third-order valence-corrected chi connectivity index (χ3v) is 4.52. The monoisotopic (exact) mass is 360 g/mol. The number of fused-ring (bicyclic) bond motifs is 1. The van der Waals surface area contributed by atoms with Crippen LogP contribution in [-0.2, 0) is 0 Å². The number of benzene rings is 1. The van der Waals surface area contributed by atoms with Gasteiger partial charge in [0.25, 0.3) is 5.91 Å². The van der Waals surface area contributed by atoms with Crippen molar-refractivity contribution in [2.75, 3.05) is 11.1 Å². The highest BCUT2D eigenvalue weighted by atomic mass is 16.1.